The number of nitrogens with one attached hydrogen (secondary N) is 1. The quantitative estimate of drug-likeness (QED) is 0.0325. The summed E-state index contributed by atoms with van der Waals surface area (Å²) in [4.78, 5) is 26.0. The van der Waals surface area contributed by atoms with Crippen molar-refractivity contribution in [2.75, 3.05) is 6.61 Å². The Hall–Kier alpha value is -1.40. The molecule has 1 amide bonds. The van der Waals surface area contributed by atoms with Crippen LogP contribution in [0.4, 0.5) is 0 Å². The van der Waals surface area contributed by atoms with Crippen LogP contribution in [0.5, 0.6) is 0 Å². The monoisotopic (exact) mass is 778 g/mol. The minimum absolute atomic E-state index is 0.0809. The molecule has 6 heteroatoms. The number of amides is 1. The second kappa shape index (κ2) is 43.7. The smallest absolute Gasteiger partial charge is 0.306 e. The topological polar surface area (TPSA) is 95.9 Å². The van der Waals surface area contributed by atoms with E-state index in [0.29, 0.717) is 19.3 Å². The summed E-state index contributed by atoms with van der Waals surface area (Å²) in [6, 6.07) is -0.695. The van der Waals surface area contributed by atoms with Gasteiger partial charge in [-0.15, -0.1) is 0 Å². The molecule has 6 nitrogen and oxygen atoms in total. The van der Waals surface area contributed by atoms with E-state index in [1.54, 1.807) is 0 Å². The third-order valence-electron chi connectivity index (χ3n) is 11.3. The first kappa shape index (κ1) is 53.6. The lowest BCUT2D eigenvalue weighted by Crippen LogP contribution is -2.46. The van der Waals surface area contributed by atoms with Gasteiger partial charge in [0.15, 0.2) is 0 Å². The number of hydrogen-bond acceptors (Lipinski definition) is 5. The number of aliphatic hydroxyl groups excluding tert-OH is 2. The molecule has 0 aliphatic carbocycles. The highest BCUT2D eigenvalue weighted by Crippen LogP contribution is 2.18. The van der Waals surface area contributed by atoms with Crippen molar-refractivity contribution in [2.45, 2.75) is 283 Å². The fraction of sp³-hybridized carbons (Fsp3) is 0.918. The number of rotatable bonds is 44. The number of unbranched alkanes of at least 4 members (excludes halogenated alkanes) is 30. The van der Waals surface area contributed by atoms with E-state index in [0.717, 1.165) is 51.4 Å². The number of aliphatic hydroxyl groups is 2. The molecule has 0 spiro atoms. The van der Waals surface area contributed by atoms with Crippen LogP contribution in [0.2, 0.25) is 0 Å². The molecule has 0 radical (unpaired) electrons. The van der Waals surface area contributed by atoms with Gasteiger partial charge in [-0.1, -0.05) is 213 Å². The Morgan fingerprint density at radius 1 is 0.509 bits per heavy atom. The molecule has 3 atom stereocenters. The number of carbonyl (C=O) groups is 2. The fourth-order valence-electron chi connectivity index (χ4n) is 7.60. The van der Waals surface area contributed by atoms with Crippen LogP contribution in [0.15, 0.2) is 12.2 Å². The Balaban J connectivity index is 4.55. The molecule has 0 rings (SSSR count). The van der Waals surface area contributed by atoms with Gasteiger partial charge in [-0.05, 0) is 51.4 Å². The predicted octanol–water partition coefficient (Wildman–Crippen LogP) is 14.2. The maximum absolute atomic E-state index is 13.1. The summed E-state index contributed by atoms with van der Waals surface area (Å²) in [6.07, 6.45) is 46.9. The SMILES string of the molecule is CCCCC/C=C\CCCCCCCC(=O)OC(CCCCCCCCCCCCCC)CC(=O)NC(CO)C(O)CCCCCCCCCCCCCC. The average molecular weight is 778 g/mol. The van der Waals surface area contributed by atoms with Gasteiger partial charge in [0, 0.05) is 6.42 Å². The first-order chi connectivity index (χ1) is 27.0. The maximum Gasteiger partial charge on any atom is 0.306 e. The highest BCUT2D eigenvalue weighted by atomic mass is 16.5. The molecule has 3 N–H and O–H groups in total. The van der Waals surface area contributed by atoms with Gasteiger partial charge >= 0.3 is 5.97 Å². The van der Waals surface area contributed by atoms with Gasteiger partial charge in [0.05, 0.1) is 25.2 Å². The van der Waals surface area contributed by atoms with Gasteiger partial charge in [0.2, 0.25) is 5.91 Å². The Kier molecular flexibility index (Phi) is 42.6. The second-order valence-corrected chi connectivity index (χ2v) is 16.9. The molecular formula is C49H95NO5. The molecule has 0 heterocycles. The van der Waals surface area contributed by atoms with E-state index in [4.69, 9.17) is 4.74 Å². The molecule has 326 valence electrons. The van der Waals surface area contributed by atoms with E-state index in [1.165, 1.54) is 167 Å². The van der Waals surface area contributed by atoms with E-state index >= 15 is 0 Å². The van der Waals surface area contributed by atoms with Gasteiger partial charge in [-0.2, -0.15) is 0 Å². The number of esters is 1. The van der Waals surface area contributed by atoms with Crippen LogP contribution in [0, 0.1) is 0 Å². The number of carbonyl (C=O) groups excluding carboxylic acids is 2. The van der Waals surface area contributed by atoms with Crippen LogP contribution >= 0.6 is 0 Å². The number of allylic oxidation sites excluding steroid dienone is 2. The summed E-state index contributed by atoms with van der Waals surface area (Å²) >= 11 is 0. The first-order valence-electron chi connectivity index (χ1n) is 24.4. The fourth-order valence-corrected chi connectivity index (χ4v) is 7.60. The molecule has 0 aromatic carbocycles. The molecular weight excluding hydrogens is 683 g/mol. The largest absolute Gasteiger partial charge is 0.462 e. The molecule has 0 saturated carbocycles. The molecule has 3 unspecified atom stereocenters. The maximum atomic E-state index is 13.1. The lowest BCUT2D eigenvalue weighted by molar-refractivity contribution is -0.151. The minimum atomic E-state index is -0.781. The molecule has 0 saturated heterocycles. The Labute approximate surface area is 342 Å². The van der Waals surface area contributed by atoms with Crippen LogP contribution in [-0.4, -0.2) is 46.9 Å². The van der Waals surface area contributed by atoms with Crippen LogP contribution < -0.4 is 5.32 Å². The van der Waals surface area contributed by atoms with Crippen LogP contribution in [0.25, 0.3) is 0 Å². The summed E-state index contributed by atoms with van der Waals surface area (Å²) in [7, 11) is 0. The molecule has 0 bridgehead atoms. The lowest BCUT2D eigenvalue weighted by atomic mass is 10.0. The van der Waals surface area contributed by atoms with Gasteiger partial charge < -0.3 is 20.3 Å². The summed E-state index contributed by atoms with van der Waals surface area (Å²) in [5, 5.41) is 23.7. The second-order valence-electron chi connectivity index (χ2n) is 16.9. The molecule has 0 aromatic rings. The van der Waals surface area contributed by atoms with E-state index in [1.807, 2.05) is 0 Å². The van der Waals surface area contributed by atoms with E-state index in [9.17, 15) is 19.8 Å². The highest BCUT2D eigenvalue weighted by Gasteiger charge is 2.24. The molecule has 0 aliphatic rings. The Morgan fingerprint density at radius 2 is 0.873 bits per heavy atom. The summed E-state index contributed by atoms with van der Waals surface area (Å²) in [5.74, 6) is -0.471. The first-order valence-corrected chi connectivity index (χ1v) is 24.4. The van der Waals surface area contributed by atoms with Gasteiger partial charge in [0.25, 0.3) is 0 Å². The minimum Gasteiger partial charge on any atom is -0.462 e. The number of ether oxygens (including phenoxy) is 1. The van der Waals surface area contributed by atoms with Crippen molar-refractivity contribution in [1.82, 2.24) is 5.32 Å². The van der Waals surface area contributed by atoms with Crippen molar-refractivity contribution in [1.29, 1.82) is 0 Å². The van der Waals surface area contributed by atoms with Crippen molar-refractivity contribution in [3.63, 3.8) is 0 Å². The molecule has 55 heavy (non-hydrogen) atoms. The van der Waals surface area contributed by atoms with Crippen molar-refractivity contribution < 1.29 is 24.5 Å². The molecule has 0 aliphatic heterocycles. The average Bonchev–Trinajstić information content (AvgIpc) is 3.18. The summed E-state index contributed by atoms with van der Waals surface area (Å²) in [5.41, 5.74) is 0. The van der Waals surface area contributed by atoms with E-state index in [2.05, 4.69) is 38.2 Å². The lowest BCUT2D eigenvalue weighted by Gasteiger charge is -2.24. The van der Waals surface area contributed by atoms with Crippen molar-refractivity contribution in [3.05, 3.63) is 12.2 Å². The van der Waals surface area contributed by atoms with Crippen LogP contribution in [0.3, 0.4) is 0 Å². The Morgan fingerprint density at radius 3 is 1.33 bits per heavy atom. The van der Waals surface area contributed by atoms with Gasteiger partial charge in [0.1, 0.15) is 6.10 Å². The number of hydrogen-bond donors (Lipinski definition) is 3. The van der Waals surface area contributed by atoms with Crippen molar-refractivity contribution in [2.24, 2.45) is 0 Å². The van der Waals surface area contributed by atoms with E-state index < -0.39 is 18.2 Å². The third-order valence-corrected chi connectivity index (χ3v) is 11.3. The van der Waals surface area contributed by atoms with E-state index in [-0.39, 0.29) is 24.9 Å². The standard InChI is InChI=1S/C49H95NO5/c1-4-7-10-13-16-19-22-25-28-31-34-37-40-45(55-49(54)42-39-36-33-30-27-24-21-18-15-12-9-6-3)43-48(53)50-46(44-51)47(52)41-38-35-32-29-26-23-20-17-14-11-8-5-2/h18,21,45-47,51-52H,4-17,19-20,22-44H2,1-3H3,(H,50,53)/b21-18-. The van der Waals surface area contributed by atoms with Crippen LogP contribution in [0.1, 0.15) is 265 Å². The molecule has 0 fully saturated rings. The van der Waals surface area contributed by atoms with Crippen molar-refractivity contribution >= 4 is 11.9 Å². The zero-order valence-corrected chi connectivity index (χ0v) is 37.1. The van der Waals surface area contributed by atoms with Gasteiger partial charge in [-0.25, -0.2) is 0 Å². The Bertz CT molecular complexity index is 832. The normalized spacial score (nSPS) is 13.3. The summed E-state index contributed by atoms with van der Waals surface area (Å²) < 4.78 is 5.91. The zero-order valence-electron chi connectivity index (χ0n) is 37.1. The molecule has 0 aromatic heterocycles. The van der Waals surface area contributed by atoms with Crippen LogP contribution in [-0.2, 0) is 14.3 Å². The zero-order chi connectivity index (χ0) is 40.3. The van der Waals surface area contributed by atoms with Gasteiger partial charge in [-0.3, -0.25) is 9.59 Å². The third kappa shape index (κ3) is 39.2. The highest BCUT2D eigenvalue weighted by molar-refractivity contribution is 5.77. The van der Waals surface area contributed by atoms with Crippen molar-refractivity contribution in [3.8, 4) is 0 Å². The predicted molar refractivity (Wildman–Crippen MR) is 237 cm³/mol. The summed E-state index contributed by atoms with van der Waals surface area (Å²) in [6.45, 7) is 6.46.